The number of nitrogens with two attached hydrogens (primary N) is 1. The molecule has 0 radical (unpaired) electrons. The van der Waals surface area contributed by atoms with Crippen LogP contribution in [0, 0.1) is 5.92 Å². The molecule has 2 rings (SSSR count). The van der Waals surface area contributed by atoms with Crippen LogP contribution < -0.4 is 10.5 Å². The van der Waals surface area contributed by atoms with E-state index >= 15 is 0 Å². The Labute approximate surface area is 133 Å². The first-order valence-corrected chi connectivity index (χ1v) is 8.08. The predicted octanol–water partition coefficient (Wildman–Crippen LogP) is 3.87. The van der Waals surface area contributed by atoms with Gasteiger partial charge < -0.3 is 15.0 Å². The van der Waals surface area contributed by atoms with Gasteiger partial charge >= 0.3 is 0 Å². The maximum Gasteiger partial charge on any atom is 0.261 e. The highest BCUT2D eigenvalue weighted by Crippen LogP contribution is 2.35. The highest BCUT2D eigenvalue weighted by atomic mass is 35.5. The molecule has 21 heavy (non-hydrogen) atoms. The van der Waals surface area contributed by atoms with Gasteiger partial charge in [0.2, 0.25) is 0 Å². The number of ether oxygens (including phenoxy) is 1. The van der Waals surface area contributed by atoms with E-state index in [1.807, 2.05) is 0 Å². The summed E-state index contributed by atoms with van der Waals surface area (Å²) in [7, 11) is 1.56. The maximum atomic E-state index is 6.04. The molecule has 0 aliphatic rings. The van der Waals surface area contributed by atoms with Crippen LogP contribution in [0.4, 0.5) is 5.69 Å². The summed E-state index contributed by atoms with van der Waals surface area (Å²) < 4.78 is 10.6. The Balaban J connectivity index is 2.19. The molecule has 5 nitrogen and oxygen atoms in total. The summed E-state index contributed by atoms with van der Waals surface area (Å²) >= 11 is 7.82. The molecule has 7 heteroatoms. The lowest BCUT2D eigenvalue weighted by Gasteiger charge is -2.07. The fourth-order valence-electron chi connectivity index (χ4n) is 1.71. The second-order valence-electron chi connectivity index (χ2n) is 5.00. The summed E-state index contributed by atoms with van der Waals surface area (Å²) in [5.41, 5.74) is 6.85. The van der Waals surface area contributed by atoms with Crippen molar-refractivity contribution >= 4 is 29.1 Å². The number of benzene rings is 1. The molecule has 0 unspecified atom stereocenters. The van der Waals surface area contributed by atoms with Gasteiger partial charge in [-0.15, -0.1) is 0 Å². The predicted molar refractivity (Wildman–Crippen MR) is 86.7 cm³/mol. The fraction of sp³-hybridized carbons (Fsp3) is 0.429. The highest BCUT2D eigenvalue weighted by Gasteiger charge is 2.16. The van der Waals surface area contributed by atoms with E-state index in [9.17, 15) is 0 Å². The van der Waals surface area contributed by atoms with Crippen molar-refractivity contribution in [2.75, 3.05) is 18.6 Å². The van der Waals surface area contributed by atoms with Gasteiger partial charge in [-0.2, -0.15) is 16.7 Å². The Bertz CT molecular complexity index is 616. The largest absolute Gasteiger partial charge is 0.496 e. The van der Waals surface area contributed by atoms with Crippen molar-refractivity contribution in [1.82, 2.24) is 10.1 Å². The van der Waals surface area contributed by atoms with Crippen molar-refractivity contribution in [3.63, 3.8) is 0 Å². The molecule has 1 aromatic carbocycles. The Morgan fingerprint density at radius 3 is 2.86 bits per heavy atom. The molecule has 1 heterocycles. The lowest BCUT2D eigenvalue weighted by atomic mass is 10.2. The number of rotatable bonds is 6. The normalized spacial score (nSPS) is 11.1. The third kappa shape index (κ3) is 4.04. The smallest absolute Gasteiger partial charge is 0.261 e. The first kappa shape index (κ1) is 16.0. The number of hydrogen-bond donors (Lipinski definition) is 1. The van der Waals surface area contributed by atoms with Crippen LogP contribution in [0.15, 0.2) is 16.7 Å². The van der Waals surface area contributed by atoms with E-state index < -0.39 is 0 Å². The Hall–Kier alpha value is -1.40. The molecule has 2 aromatic rings. The Morgan fingerprint density at radius 1 is 1.43 bits per heavy atom. The van der Waals surface area contributed by atoms with Crippen LogP contribution in [0.1, 0.15) is 19.7 Å². The number of halogens is 1. The zero-order valence-electron chi connectivity index (χ0n) is 12.2. The van der Waals surface area contributed by atoms with Crippen LogP contribution in [-0.4, -0.2) is 23.0 Å². The van der Waals surface area contributed by atoms with Crippen molar-refractivity contribution in [2.24, 2.45) is 5.92 Å². The van der Waals surface area contributed by atoms with Crippen LogP contribution in [0.2, 0.25) is 5.02 Å². The molecular weight excluding hydrogens is 310 g/mol. The quantitative estimate of drug-likeness (QED) is 0.812. The minimum absolute atomic E-state index is 0.383. The van der Waals surface area contributed by atoms with Gasteiger partial charge in [-0.25, -0.2) is 0 Å². The fourth-order valence-corrected chi connectivity index (χ4v) is 2.77. The summed E-state index contributed by atoms with van der Waals surface area (Å²) in [5, 5.41) is 4.41. The van der Waals surface area contributed by atoms with Gasteiger partial charge in [0.1, 0.15) is 5.75 Å². The average Bonchev–Trinajstić information content (AvgIpc) is 2.89. The molecule has 0 fully saturated rings. The van der Waals surface area contributed by atoms with Crippen molar-refractivity contribution in [2.45, 2.75) is 19.6 Å². The summed E-state index contributed by atoms with van der Waals surface area (Å²) in [4.78, 5) is 4.38. The number of nitrogens with zero attached hydrogens (tertiary/aromatic N) is 2. The summed E-state index contributed by atoms with van der Waals surface area (Å²) in [6.07, 6.45) is 0. The molecule has 0 amide bonds. The monoisotopic (exact) mass is 327 g/mol. The summed E-state index contributed by atoms with van der Waals surface area (Å²) in [6, 6.07) is 3.32. The number of hydrogen-bond acceptors (Lipinski definition) is 6. The van der Waals surface area contributed by atoms with E-state index in [-0.39, 0.29) is 0 Å². The SMILES string of the molecule is COc1cc(N)c(Cl)cc1-c1nc(CSCC(C)C)no1. The summed E-state index contributed by atoms with van der Waals surface area (Å²) in [5.74, 6) is 4.01. The van der Waals surface area contributed by atoms with E-state index in [4.69, 9.17) is 26.6 Å². The van der Waals surface area contributed by atoms with E-state index in [1.54, 1.807) is 31.0 Å². The van der Waals surface area contributed by atoms with E-state index in [1.165, 1.54) is 0 Å². The number of nitrogen functional groups attached to an aromatic ring is 1. The van der Waals surface area contributed by atoms with Gasteiger partial charge in [0.15, 0.2) is 5.82 Å². The zero-order chi connectivity index (χ0) is 15.4. The Morgan fingerprint density at radius 2 is 2.19 bits per heavy atom. The molecule has 0 saturated heterocycles. The maximum absolute atomic E-state index is 6.04. The molecule has 114 valence electrons. The molecule has 2 N–H and O–H groups in total. The molecule has 0 bridgehead atoms. The van der Waals surface area contributed by atoms with Crippen molar-refractivity contribution in [3.05, 3.63) is 23.0 Å². The van der Waals surface area contributed by atoms with Crippen LogP contribution in [-0.2, 0) is 5.75 Å². The van der Waals surface area contributed by atoms with Crippen LogP contribution >= 0.6 is 23.4 Å². The minimum Gasteiger partial charge on any atom is -0.496 e. The second-order valence-corrected chi connectivity index (χ2v) is 6.44. The third-order valence-electron chi connectivity index (χ3n) is 2.70. The molecule has 0 aliphatic heterocycles. The lowest BCUT2D eigenvalue weighted by Crippen LogP contribution is -1.94. The minimum atomic E-state index is 0.383. The third-order valence-corrected chi connectivity index (χ3v) is 4.39. The van der Waals surface area contributed by atoms with Crippen molar-refractivity contribution < 1.29 is 9.26 Å². The van der Waals surface area contributed by atoms with Gasteiger partial charge in [0.25, 0.3) is 5.89 Å². The van der Waals surface area contributed by atoms with Crippen LogP contribution in [0.3, 0.4) is 0 Å². The molecular formula is C14H18ClN3O2S. The molecule has 1 aromatic heterocycles. The van der Waals surface area contributed by atoms with Gasteiger partial charge in [0, 0.05) is 6.07 Å². The van der Waals surface area contributed by atoms with Crippen LogP contribution in [0.5, 0.6) is 5.75 Å². The van der Waals surface area contributed by atoms with Gasteiger partial charge in [-0.05, 0) is 17.7 Å². The average molecular weight is 328 g/mol. The molecule has 0 spiro atoms. The summed E-state index contributed by atoms with van der Waals surface area (Å²) in [6.45, 7) is 4.35. The first-order valence-electron chi connectivity index (χ1n) is 6.55. The first-order chi connectivity index (χ1) is 10.0. The lowest BCUT2D eigenvalue weighted by molar-refractivity contribution is 0.404. The van der Waals surface area contributed by atoms with Crippen molar-refractivity contribution in [1.29, 1.82) is 0 Å². The molecule has 0 aliphatic carbocycles. The standard InChI is InChI=1S/C14H18ClN3O2S/c1-8(2)6-21-7-13-17-14(20-18-13)9-4-10(15)11(16)5-12(9)19-3/h4-5,8H,6-7,16H2,1-3H3. The zero-order valence-corrected chi connectivity index (χ0v) is 13.8. The Kier molecular flexibility index (Phi) is 5.36. The number of methoxy groups -OCH3 is 1. The number of aromatic nitrogens is 2. The number of thioether (sulfide) groups is 1. The van der Waals surface area contributed by atoms with Crippen molar-refractivity contribution in [3.8, 4) is 17.2 Å². The highest BCUT2D eigenvalue weighted by molar-refractivity contribution is 7.98. The van der Waals surface area contributed by atoms with E-state index in [0.717, 1.165) is 5.75 Å². The van der Waals surface area contributed by atoms with E-state index in [0.29, 0.717) is 45.4 Å². The second kappa shape index (κ2) is 7.04. The molecule has 0 saturated carbocycles. The van der Waals surface area contributed by atoms with Gasteiger partial charge in [0.05, 0.1) is 29.1 Å². The van der Waals surface area contributed by atoms with Crippen LogP contribution in [0.25, 0.3) is 11.5 Å². The topological polar surface area (TPSA) is 74.2 Å². The van der Waals surface area contributed by atoms with E-state index in [2.05, 4.69) is 24.0 Å². The van der Waals surface area contributed by atoms with Gasteiger partial charge in [-0.3, -0.25) is 0 Å². The van der Waals surface area contributed by atoms with Gasteiger partial charge in [-0.1, -0.05) is 30.6 Å². The molecule has 0 atom stereocenters. The number of anilines is 1.